The number of carbonyl (C=O) groups excluding carboxylic acids is 1. The monoisotopic (exact) mass is 378 g/mol. The Kier molecular flexibility index (Phi) is 5.13. The molecule has 0 aromatic carbocycles. The molecule has 0 spiro atoms. The van der Waals surface area contributed by atoms with Gasteiger partial charge in [-0.3, -0.25) is 9.78 Å². The summed E-state index contributed by atoms with van der Waals surface area (Å²) in [6.07, 6.45) is 4.19. The van der Waals surface area contributed by atoms with Crippen LogP contribution in [0.3, 0.4) is 0 Å². The van der Waals surface area contributed by atoms with Crippen molar-refractivity contribution in [2.45, 2.75) is 45.9 Å². The van der Waals surface area contributed by atoms with Gasteiger partial charge in [-0.25, -0.2) is 4.98 Å². The van der Waals surface area contributed by atoms with E-state index in [-0.39, 0.29) is 18.1 Å². The van der Waals surface area contributed by atoms with Crippen LogP contribution in [0.2, 0.25) is 0 Å². The molecule has 0 radical (unpaired) electrons. The van der Waals surface area contributed by atoms with E-state index in [1.54, 1.807) is 12.4 Å². The van der Waals surface area contributed by atoms with Crippen LogP contribution in [0.25, 0.3) is 22.3 Å². The molecular weight excluding hydrogens is 352 g/mol. The molecule has 2 atom stereocenters. The SMILES string of the molecule is Cc1ncccc1-c1cc2cccnc2n1CCC(=O)N1C[C@H](C)O[C@@H](C)C1. The lowest BCUT2D eigenvalue weighted by Gasteiger charge is -2.35. The Morgan fingerprint density at radius 1 is 1.14 bits per heavy atom. The summed E-state index contributed by atoms with van der Waals surface area (Å²) in [4.78, 5) is 23.8. The highest BCUT2D eigenvalue weighted by Gasteiger charge is 2.26. The zero-order valence-corrected chi connectivity index (χ0v) is 16.6. The average molecular weight is 378 g/mol. The van der Waals surface area contributed by atoms with E-state index < -0.39 is 0 Å². The fourth-order valence-electron chi connectivity index (χ4n) is 4.04. The van der Waals surface area contributed by atoms with Crippen molar-refractivity contribution < 1.29 is 9.53 Å². The van der Waals surface area contributed by atoms with Crippen LogP contribution in [0, 0.1) is 6.92 Å². The standard InChI is InChI=1S/C22H26N4O2/c1-15-13-25(14-16(2)28-15)21(27)8-11-26-20(19-7-5-9-23-17(19)3)12-18-6-4-10-24-22(18)26/h4-7,9-10,12,15-16H,8,11,13-14H2,1-3H3/t15-,16-/m0/s1. The number of hydrogen-bond acceptors (Lipinski definition) is 4. The van der Waals surface area contributed by atoms with E-state index in [9.17, 15) is 4.79 Å². The zero-order chi connectivity index (χ0) is 19.7. The second-order valence-corrected chi connectivity index (χ2v) is 7.54. The Labute approximate surface area is 165 Å². The Morgan fingerprint density at radius 3 is 2.61 bits per heavy atom. The number of hydrogen-bond donors (Lipinski definition) is 0. The first-order chi connectivity index (χ1) is 13.5. The number of pyridine rings is 2. The van der Waals surface area contributed by atoms with Crippen LogP contribution in [0.4, 0.5) is 0 Å². The van der Waals surface area contributed by atoms with Gasteiger partial charge < -0.3 is 14.2 Å². The molecule has 1 fully saturated rings. The van der Waals surface area contributed by atoms with Gasteiger partial charge in [0.2, 0.25) is 5.91 Å². The molecular formula is C22H26N4O2. The molecule has 0 N–H and O–H groups in total. The van der Waals surface area contributed by atoms with Crippen LogP contribution in [0.15, 0.2) is 42.7 Å². The van der Waals surface area contributed by atoms with E-state index in [1.165, 1.54) is 0 Å². The van der Waals surface area contributed by atoms with Gasteiger partial charge in [-0.15, -0.1) is 0 Å². The molecule has 0 saturated carbocycles. The summed E-state index contributed by atoms with van der Waals surface area (Å²) in [5.41, 5.74) is 3.99. The molecule has 0 unspecified atom stereocenters. The largest absolute Gasteiger partial charge is 0.372 e. The molecule has 28 heavy (non-hydrogen) atoms. The number of ether oxygens (including phenoxy) is 1. The summed E-state index contributed by atoms with van der Waals surface area (Å²) in [6.45, 7) is 7.94. The summed E-state index contributed by atoms with van der Waals surface area (Å²) in [5.74, 6) is 0.161. The molecule has 6 nitrogen and oxygen atoms in total. The van der Waals surface area contributed by atoms with Crippen molar-refractivity contribution >= 4 is 16.9 Å². The van der Waals surface area contributed by atoms with E-state index in [1.807, 2.05) is 37.8 Å². The Hall–Kier alpha value is -2.73. The van der Waals surface area contributed by atoms with Crippen molar-refractivity contribution in [3.8, 4) is 11.3 Å². The minimum atomic E-state index is 0.0791. The number of amides is 1. The molecule has 0 aliphatic carbocycles. The first kappa shape index (κ1) is 18.6. The molecule has 0 bridgehead atoms. The summed E-state index contributed by atoms with van der Waals surface area (Å²) in [7, 11) is 0. The fraction of sp³-hybridized carbons (Fsp3) is 0.409. The number of morpholine rings is 1. The number of aryl methyl sites for hydroxylation is 2. The summed E-state index contributed by atoms with van der Waals surface area (Å²) in [5, 5.41) is 1.07. The molecule has 3 aromatic heterocycles. The lowest BCUT2D eigenvalue weighted by Crippen LogP contribution is -2.48. The van der Waals surface area contributed by atoms with Gasteiger partial charge in [0.1, 0.15) is 5.65 Å². The van der Waals surface area contributed by atoms with Gasteiger partial charge in [-0.05, 0) is 51.1 Å². The van der Waals surface area contributed by atoms with Gasteiger partial charge in [0, 0.05) is 55.1 Å². The van der Waals surface area contributed by atoms with E-state index >= 15 is 0 Å². The lowest BCUT2D eigenvalue weighted by molar-refractivity contribution is -0.143. The summed E-state index contributed by atoms with van der Waals surface area (Å²) < 4.78 is 7.89. The van der Waals surface area contributed by atoms with Crippen LogP contribution in [-0.4, -0.2) is 50.6 Å². The minimum absolute atomic E-state index is 0.0791. The Balaban J connectivity index is 1.62. The van der Waals surface area contributed by atoms with Crippen molar-refractivity contribution in [1.29, 1.82) is 0 Å². The second kappa shape index (κ2) is 7.72. The van der Waals surface area contributed by atoms with Gasteiger partial charge in [0.25, 0.3) is 0 Å². The van der Waals surface area contributed by atoms with Gasteiger partial charge in [-0.1, -0.05) is 0 Å². The number of rotatable bonds is 4. The fourth-order valence-corrected chi connectivity index (χ4v) is 4.04. The average Bonchev–Trinajstić information content (AvgIpc) is 3.04. The Bertz CT molecular complexity index is 987. The van der Waals surface area contributed by atoms with Crippen LogP contribution in [0.1, 0.15) is 26.0 Å². The van der Waals surface area contributed by atoms with E-state index in [0.29, 0.717) is 26.1 Å². The third-order valence-corrected chi connectivity index (χ3v) is 5.26. The summed E-state index contributed by atoms with van der Waals surface area (Å²) in [6, 6.07) is 10.1. The summed E-state index contributed by atoms with van der Waals surface area (Å²) >= 11 is 0. The maximum atomic E-state index is 12.9. The van der Waals surface area contributed by atoms with Crippen LogP contribution in [0.5, 0.6) is 0 Å². The van der Waals surface area contributed by atoms with E-state index in [4.69, 9.17) is 4.74 Å². The number of carbonyl (C=O) groups is 1. The molecule has 1 amide bonds. The third-order valence-electron chi connectivity index (χ3n) is 5.26. The predicted molar refractivity (Wildman–Crippen MR) is 109 cm³/mol. The smallest absolute Gasteiger partial charge is 0.224 e. The highest BCUT2D eigenvalue weighted by molar-refractivity contribution is 5.85. The molecule has 146 valence electrons. The Morgan fingerprint density at radius 2 is 1.86 bits per heavy atom. The molecule has 4 rings (SSSR count). The number of fused-ring (bicyclic) bond motifs is 1. The normalized spacial score (nSPS) is 19.9. The second-order valence-electron chi connectivity index (χ2n) is 7.54. The topological polar surface area (TPSA) is 60.2 Å². The molecule has 1 aliphatic heterocycles. The van der Waals surface area contributed by atoms with Gasteiger partial charge in [0.15, 0.2) is 0 Å². The van der Waals surface area contributed by atoms with Gasteiger partial charge in [-0.2, -0.15) is 0 Å². The van der Waals surface area contributed by atoms with Crippen molar-refractivity contribution in [2.24, 2.45) is 0 Å². The molecule has 6 heteroatoms. The van der Waals surface area contributed by atoms with Crippen LogP contribution in [-0.2, 0) is 16.1 Å². The molecule has 1 aliphatic rings. The molecule has 4 heterocycles. The minimum Gasteiger partial charge on any atom is -0.372 e. The van der Waals surface area contributed by atoms with Crippen molar-refractivity contribution in [2.75, 3.05) is 13.1 Å². The van der Waals surface area contributed by atoms with E-state index in [2.05, 4.69) is 32.7 Å². The quantitative estimate of drug-likeness (QED) is 0.698. The number of nitrogens with zero attached hydrogens (tertiary/aromatic N) is 4. The zero-order valence-electron chi connectivity index (χ0n) is 16.6. The molecule has 1 saturated heterocycles. The van der Waals surface area contributed by atoms with Crippen molar-refractivity contribution in [3.63, 3.8) is 0 Å². The van der Waals surface area contributed by atoms with Gasteiger partial charge in [0.05, 0.1) is 17.9 Å². The predicted octanol–water partition coefficient (Wildman–Crippen LogP) is 3.43. The maximum Gasteiger partial charge on any atom is 0.224 e. The number of aromatic nitrogens is 3. The molecule has 3 aromatic rings. The van der Waals surface area contributed by atoms with Gasteiger partial charge >= 0.3 is 0 Å². The van der Waals surface area contributed by atoms with Crippen molar-refractivity contribution in [3.05, 3.63) is 48.4 Å². The van der Waals surface area contributed by atoms with E-state index in [0.717, 1.165) is 28.0 Å². The first-order valence-corrected chi connectivity index (χ1v) is 9.82. The maximum absolute atomic E-state index is 12.9. The highest BCUT2D eigenvalue weighted by atomic mass is 16.5. The van der Waals surface area contributed by atoms with Crippen LogP contribution >= 0.6 is 0 Å². The van der Waals surface area contributed by atoms with Crippen molar-refractivity contribution in [1.82, 2.24) is 19.4 Å². The lowest BCUT2D eigenvalue weighted by atomic mass is 10.1. The van der Waals surface area contributed by atoms with Crippen LogP contribution < -0.4 is 0 Å². The first-order valence-electron chi connectivity index (χ1n) is 9.82. The third kappa shape index (κ3) is 3.64. The highest BCUT2D eigenvalue weighted by Crippen LogP contribution is 2.29.